The monoisotopic (exact) mass is 282 g/mol. The first kappa shape index (κ1) is 16.5. The summed E-state index contributed by atoms with van der Waals surface area (Å²) in [5.41, 5.74) is 0.650. The SMILES string of the molecule is CC(CNC(C)c1cnn(C)c1)NC(=O)OC(C)(C)C. The number of nitrogens with zero attached hydrogens (tertiary/aromatic N) is 2. The Balaban J connectivity index is 2.32. The molecule has 6 heteroatoms. The maximum absolute atomic E-state index is 11.6. The van der Waals surface area contributed by atoms with Gasteiger partial charge in [0.15, 0.2) is 0 Å². The molecule has 0 aliphatic carbocycles. The maximum Gasteiger partial charge on any atom is 0.407 e. The van der Waals surface area contributed by atoms with E-state index in [0.29, 0.717) is 6.54 Å². The Kier molecular flexibility index (Phi) is 5.56. The molecule has 1 amide bonds. The quantitative estimate of drug-likeness (QED) is 0.866. The molecule has 0 radical (unpaired) electrons. The first-order valence-electron chi connectivity index (χ1n) is 6.89. The van der Waals surface area contributed by atoms with E-state index in [1.165, 1.54) is 0 Å². The highest BCUT2D eigenvalue weighted by atomic mass is 16.6. The van der Waals surface area contributed by atoms with Crippen molar-refractivity contribution in [2.24, 2.45) is 7.05 Å². The van der Waals surface area contributed by atoms with E-state index in [9.17, 15) is 4.79 Å². The van der Waals surface area contributed by atoms with Gasteiger partial charge in [-0.3, -0.25) is 4.68 Å². The smallest absolute Gasteiger partial charge is 0.407 e. The number of rotatable bonds is 5. The van der Waals surface area contributed by atoms with Crippen molar-refractivity contribution in [2.75, 3.05) is 6.54 Å². The third kappa shape index (κ3) is 6.06. The number of carbonyl (C=O) groups excluding carboxylic acids is 1. The van der Waals surface area contributed by atoms with Crippen LogP contribution >= 0.6 is 0 Å². The minimum atomic E-state index is -0.472. The van der Waals surface area contributed by atoms with Crippen molar-refractivity contribution in [1.82, 2.24) is 20.4 Å². The van der Waals surface area contributed by atoms with Gasteiger partial charge in [-0.2, -0.15) is 5.10 Å². The van der Waals surface area contributed by atoms with Gasteiger partial charge < -0.3 is 15.4 Å². The van der Waals surface area contributed by atoms with Gasteiger partial charge in [-0.15, -0.1) is 0 Å². The number of alkyl carbamates (subject to hydrolysis) is 1. The number of aryl methyl sites for hydroxylation is 1. The first-order chi connectivity index (χ1) is 9.17. The lowest BCUT2D eigenvalue weighted by Gasteiger charge is -2.23. The fraction of sp³-hybridized carbons (Fsp3) is 0.714. The van der Waals surface area contributed by atoms with Crippen LogP contribution < -0.4 is 10.6 Å². The molecule has 2 N–H and O–H groups in total. The highest BCUT2D eigenvalue weighted by molar-refractivity contribution is 5.68. The number of ether oxygens (including phenoxy) is 1. The Morgan fingerprint density at radius 2 is 2.10 bits per heavy atom. The van der Waals surface area contributed by atoms with Crippen LogP contribution in [0.1, 0.15) is 46.2 Å². The number of nitrogens with one attached hydrogen (secondary N) is 2. The summed E-state index contributed by atoms with van der Waals surface area (Å²) in [4.78, 5) is 11.6. The van der Waals surface area contributed by atoms with Crippen molar-refractivity contribution in [3.8, 4) is 0 Å². The van der Waals surface area contributed by atoms with Crippen LogP contribution in [0.4, 0.5) is 4.79 Å². The number of amides is 1. The minimum absolute atomic E-state index is 0.0102. The van der Waals surface area contributed by atoms with Gasteiger partial charge in [0.1, 0.15) is 5.60 Å². The first-order valence-corrected chi connectivity index (χ1v) is 6.89. The molecule has 0 saturated heterocycles. The van der Waals surface area contributed by atoms with Crippen LogP contribution in [-0.2, 0) is 11.8 Å². The molecule has 1 heterocycles. The molecule has 0 bridgehead atoms. The molecule has 114 valence electrons. The van der Waals surface area contributed by atoms with Gasteiger partial charge in [-0.05, 0) is 34.6 Å². The molecule has 1 aromatic rings. The fourth-order valence-corrected chi connectivity index (χ4v) is 1.69. The van der Waals surface area contributed by atoms with Gasteiger partial charge in [0.25, 0.3) is 0 Å². The highest BCUT2D eigenvalue weighted by Gasteiger charge is 2.18. The molecule has 20 heavy (non-hydrogen) atoms. The number of hydrogen-bond acceptors (Lipinski definition) is 4. The Labute approximate surface area is 120 Å². The van der Waals surface area contributed by atoms with Crippen molar-refractivity contribution in [2.45, 2.75) is 52.3 Å². The molecular weight excluding hydrogens is 256 g/mol. The number of carbonyl (C=O) groups is 1. The van der Waals surface area contributed by atoms with Crippen molar-refractivity contribution in [3.63, 3.8) is 0 Å². The molecule has 0 fully saturated rings. The maximum atomic E-state index is 11.6. The van der Waals surface area contributed by atoms with E-state index >= 15 is 0 Å². The third-order valence-corrected chi connectivity index (χ3v) is 2.72. The van der Waals surface area contributed by atoms with Crippen LogP contribution in [0.15, 0.2) is 12.4 Å². The van der Waals surface area contributed by atoms with Crippen molar-refractivity contribution >= 4 is 6.09 Å². The number of hydrogen-bond donors (Lipinski definition) is 2. The van der Waals surface area contributed by atoms with Crippen molar-refractivity contribution in [3.05, 3.63) is 18.0 Å². The summed E-state index contributed by atoms with van der Waals surface area (Å²) in [6, 6.07) is 0.176. The van der Waals surface area contributed by atoms with E-state index in [1.54, 1.807) is 4.68 Å². The molecular formula is C14H26N4O2. The lowest BCUT2D eigenvalue weighted by atomic mass is 10.2. The van der Waals surface area contributed by atoms with Crippen LogP contribution in [0, 0.1) is 0 Å². The zero-order valence-corrected chi connectivity index (χ0v) is 13.2. The Morgan fingerprint density at radius 3 is 2.60 bits per heavy atom. The van der Waals surface area contributed by atoms with Gasteiger partial charge in [0.2, 0.25) is 0 Å². The molecule has 0 saturated carbocycles. The Morgan fingerprint density at radius 1 is 1.45 bits per heavy atom. The van der Waals surface area contributed by atoms with E-state index in [1.807, 2.05) is 47.1 Å². The van der Waals surface area contributed by atoms with E-state index in [-0.39, 0.29) is 18.2 Å². The second kappa shape index (κ2) is 6.74. The lowest BCUT2D eigenvalue weighted by molar-refractivity contribution is 0.0507. The summed E-state index contributed by atoms with van der Waals surface area (Å²) in [6.07, 6.45) is 3.42. The molecule has 0 spiro atoms. The predicted octanol–water partition coefficient (Wildman–Crippen LogP) is 1.98. The van der Waals surface area contributed by atoms with E-state index in [2.05, 4.69) is 22.7 Å². The second-order valence-corrected chi connectivity index (χ2v) is 6.12. The van der Waals surface area contributed by atoms with E-state index in [4.69, 9.17) is 4.74 Å². The van der Waals surface area contributed by atoms with Gasteiger partial charge in [-0.25, -0.2) is 4.79 Å². The fourth-order valence-electron chi connectivity index (χ4n) is 1.69. The lowest BCUT2D eigenvalue weighted by Crippen LogP contribution is -2.43. The standard InChI is InChI=1S/C14H26N4O2/c1-10(17-13(19)20-14(3,4)5)7-15-11(2)12-8-16-18(6)9-12/h8-11,15H,7H2,1-6H3,(H,17,19). The van der Waals surface area contributed by atoms with Crippen molar-refractivity contribution < 1.29 is 9.53 Å². The molecule has 0 aliphatic rings. The van der Waals surface area contributed by atoms with Gasteiger partial charge in [-0.1, -0.05) is 0 Å². The summed E-state index contributed by atoms with van der Waals surface area (Å²) in [7, 11) is 1.89. The van der Waals surface area contributed by atoms with Gasteiger partial charge >= 0.3 is 6.09 Å². The Bertz CT molecular complexity index is 437. The highest BCUT2D eigenvalue weighted by Crippen LogP contribution is 2.10. The summed E-state index contributed by atoms with van der Waals surface area (Å²) in [6.45, 7) is 10.2. The van der Waals surface area contributed by atoms with Crippen LogP contribution in [0.3, 0.4) is 0 Å². The molecule has 0 aliphatic heterocycles. The average Bonchev–Trinajstić information content (AvgIpc) is 2.70. The molecule has 1 rings (SSSR count). The molecule has 2 unspecified atom stereocenters. The molecule has 6 nitrogen and oxygen atoms in total. The Hall–Kier alpha value is -1.56. The largest absolute Gasteiger partial charge is 0.444 e. The molecule has 0 aromatic carbocycles. The van der Waals surface area contributed by atoms with Gasteiger partial charge in [0, 0.05) is 37.4 Å². The zero-order chi connectivity index (χ0) is 15.3. The van der Waals surface area contributed by atoms with Crippen molar-refractivity contribution in [1.29, 1.82) is 0 Å². The summed E-state index contributed by atoms with van der Waals surface area (Å²) < 4.78 is 6.99. The van der Waals surface area contributed by atoms with Crippen LogP contribution in [-0.4, -0.2) is 34.1 Å². The predicted molar refractivity (Wildman–Crippen MR) is 78.5 cm³/mol. The number of aromatic nitrogens is 2. The van der Waals surface area contributed by atoms with E-state index in [0.717, 1.165) is 5.56 Å². The minimum Gasteiger partial charge on any atom is -0.444 e. The van der Waals surface area contributed by atoms with Crippen LogP contribution in [0.5, 0.6) is 0 Å². The van der Waals surface area contributed by atoms with Crippen LogP contribution in [0.2, 0.25) is 0 Å². The molecule has 2 atom stereocenters. The van der Waals surface area contributed by atoms with Gasteiger partial charge in [0.05, 0.1) is 6.20 Å². The summed E-state index contributed by atoms with van der Waals surface area (Å²) >= 11 is 0. The average molecular weight is 282 g/mol. The topological polar surface area (TPSA) is 68.2 Å². The third-order valence-electron chi connectivity index (χ3n) is 2.72. The summed E-state index contributed by atoms with van der Waals surface area (Å²) in [5, 5.41) is 10.3. The zero-order valence-electron chi connectivity index (χ0n) is 13.2. The summed E-state index contributed by atoms with van der Waals surface area (Å²) in [5.74, 6) is 0. The van der Waals surface area contributed by atoms with Crippen LogP contribution in [0.25, 0.3) is 0 Å². The second-order valence-electron chi connectivity index (χ2n) is 6.12. The van der Waals surface area contributed by atoms with E-state index < -0.39 is 5.60 Å². The normalized spacial score (nSPS) is 14.7. The molecule has 1 aromatic heterocycles.